The highest BCUT2D eigenvalue weighted by Crippen LogP contribution is 2.24. The van der Waals surface area contributed by atoms with Crippen LogP contribution in [0.1, 0.15) is 43.4 Å². The van der Waals surface area contributed by atoms with Crippen molar-refractivity contribution in [1.29, 1.82) is 0 Å². The van der Waals surface area contributed by atoms with Crippen LogP contribution in [0.4, 0.5) is 0 Å². The number of carbonyl (C=O) groups excluding carboxylic acids is 1. The van der Waals surface area contributed by atoms with Crippen molar-refractivity contribution in [2.24, 2.45) is 5.92 Å². The zero-order valence-electron chi connectivity index (χ0n) is 14.9. The Morgan fingerprint density at radius 3 is 2.77 bits per heavy atom. The van der Waals surface area contributed by atoms with E-state index in [4.69, 9.17) is 0 Å². The molecule has 0 fully saturated rings. The second kappa shape index (κ2) is 9.00. The lowest BCUT2D eigenvalue weighted by Crippen LogP contribution is -2.29. The van der Waals surface area contributed by atoms with E-state index in [0.717, 1.165) is 27.8 Å². The zero-order valence-corrected chi connectivity index (χ0v) is 16.5. The van der Waals surface area contributed by atoms with Crippen LogP contribution in [0.5, 0.6) is 0 Å². The molecular weight excluding hydrogens is 364 g/mol. The third kappa shape index (κ3) is 5.19. The second-order valence-corrected chi connectivity index (χ2v) is 8.26. The molecule has 0 saturated carbocycles. The first-order valence-electron chi connectivity index (χ1n) is 8.66. The molecule has 0 aliphatic rings. The van der Waals surface area contributed by atoms with Crippen LogP contribution in [0.2, 0.25) is 0 Å². The number of aryl methyl sites for hydroxylation is 1. The van der Waals surface area contributed by atoms with E-state index >= 15 is 0 Å². The molecule has 3 aromatic rings. The van der Waals surface area contributed by atoms with Crippen LogP contribution >= 0.6 is 22.7 Å². The predicted molar refractivity (Wildman–Crippen MR) is 106 cm³/mol. The van der Waals surface area contributed by atoms with E-state index in [9.17, 15) is 4.79 Å². The summed E-state index contributed by atoms with van der Waals surface area (Å²) in [6.45, 7) is 4.31. The molecule has 3 heterocycles. The SMILES string of the molecule is CC(C)CC(NC(=O)CCc1csc(-c2ccccn2)n1)c1nccs1. The summed E-state index contributed by atoms with van der Waals surface area (Å²) in [5.41, 5.74) is 1.80. The maximum atomic E-state index is 12.4. The molecule has 0 radical (unpaired) electrons. The summed E-state index contributed by atoms with van der Waals surface area (Å²) < 4.78 is 0. The standard InChI is InChI=1S/C19H22N4OS2/c1-13(2)11-16(18-21-9-10-25-18)23-17(24)7-6-14-12-26-19(22-14)15-5-3-4-8-20-15/h3-5,8-10,12-13,16H,6-7,11H2,1-2H3,(H,23,24). The molecule has 26 heavy (non-hydrogen) atoms. The van der Waals surface area contributed by atoms with Crippen LogP contribution in [-0.4, -0.2) is 20.9 Å². The lowest BCUT2D eigenvalue weighted by atomic mass is 10.0. The van der Waals surface area contributed by atoms with Gasteiger partial charge in [0.25, 0.3) is 0 Å². The minimum Gasteiger partial charge on any atom is -0.347 e. The van der Waals surface area contributed by atoms with Crippen LogP contribution in [0.15, 0.2) is 41.4 Å². The number of nitrogens with one attached hydrogen (secondary N) is 1. The van der Waals surface area contributed by atoms with Crippen molar-refractivity contribution in [1.82, 2.24) is 20.3 Å². The average Bonchev–Trinajstić information content (AvgIpc) is 3.32. The number of amides is 1. The average molecular weight is 387 g/mol. The van der Waals surface area contributed by atoms with Gasteiger partial charge in [-0.3, -0.25) is 9.78 Å². The van der Waals surface area contributed by atoms with Crippen LogP contribution < -0.4 is 5.32 Å². The van der Waals surface area contributed by atoms with Crippen molar-refractivity contribution in [3.05, 3.63) is 52.1 Å². The van der Waals surface area contributed by atoms with Gasteiger partial charge < -0.3 is 5.32 Å². The Morgan fingerprint density at radius 2 is 2.08 bits per heavy atom. The van der Waals surface area contributed by atoms with Gasteiger partial charge in [-0.15, -0.1) is 22.7 Å². The zero-order chi connectivity index (χ0) is 18.4. The van der Waals surface area contributed by atoms with Crippen molar-refractivity contribution < 1.29 is 4.79 Å². The Labute approximate surface area is 161 Å². The van der Waals surface area contributed by atoms with Gasteiger partial charge in [-0.1, -0.05) is 19.9 Å². The molecule has 0 spiro atoms. The molecule has 3 aromatic heterocycles. The summed E-state index contributed by atoms with van der Waals surface area (Å²) in [4.78, 5) is 25.7. The lowest BCUT2D eigenvalue weighted by Gasteiger charge is -2.18. The Balaban J connectivity index is 1.56. The molecular formula is C19H22N4OS2. The monoisotopic (exact) mass is 386 g/mol. The third-order valence-corrected chi connectivity index (χ3v) is 5.64. The van der Waals surface area contributed by atoms with Crippen LogP contribution in [0, 0.1) is 5.92 Å². The Bertz CT molecular complexity index is 815. The summed E-state index contributed by atoms with van der Waals surface area (Å²) in [6.07, 6.45) is 5.48. The smallest absolute Gasteiger partial charge is 0.220 e. The molecule has 0 aromatic carbocycles. The van der Waals surface area contributed by atoms with Crippen molar-refractivity contribution in [2.75, 3.05) is 0 Å². The molecule has 0 aliphatic carbocycles. The summed E-state index contributed by atoms with van der Waals surface area (Å²) >= 11 is 3.15. The quantitative estimate of drug-likeness (QED) is 0.619. The van der Waals surface area contributed by atoms with Gasteiger partial charge >= 0.3 is 0 Å². The van der Waals surface area contributed by atoms with Gasteiger partial charge in [0, 0.05) is 29.6 Å². The van der Waals surface area contributed by atoms with Crippen molar-refractivity contribution >= 4 is 28.6 Å². The summed E-state index contributed by atoms with van der Waals surface area (Å²) in [5.74, 6) is 0.530. The highest BCUT2D eigenvalue weighted by atomic mass is 32.1. The first-order valence-corrected chi connectivity index (χ1v) is 10.4. The van der Waals surface area contributed by atoms with Crippen LogP contribution in [0.3, 0.4) is 0 Å². The Morgan fingerprint density at radius 1 is 1.19 bits per heavy atom. The number of carbonyl (C=O) groups is 1. The molecule has 1 N–H and O–H groups in total. The summed E-state index contributed by atoms with van der Waals surface area (Å²) in [7, 11) is 0. The fraction of sp³-hybridized carbons (Fsp3) is 0.368. The molecule has 0 aliphatic heterocycles. The van der Waals surface area contributed by atoms with E-state index in [-0.39, 0.29) is 11.9 Å². The maximum absolute atomic E-state index is 12.4. The van der Waals surface area contributed by atoms with Gasteiger partial charge in [-0.2, -0.15) is 0 Å². The second-order valence-electron chi connectivity index (χ2n) is 6.48. The topological polar surface area (TPSA) is 67.8 Å². The van der Waals surface area contributed by atoms with Gasteiger partial charge in [0.05, 0.1) is 17.4 Å². The van der Waals surface area contributed by atoms with Crippen molar-refractivity contribution in [3.63, 3.8) is 0 Å². The van der Waals surface area contributed by atoms with Crippen molar-refractivity contribution in [3.8, 4) is 10.7 Å². The molecule has 5 nitrogen and oxygen atoms in total. The van der Waals surface area contributed by atoms with Crippen LogP contribution in [-0.2, 0) is 11.2 Å². The first-order chi connectivity index (χ1) is 12.6. The molecule has 1 amide bonds. The number of hydrogen-bond acceptors (Lipinski definition) is 6. The fourth-order valence-corrected chi connectivity index (χ4v) is 4.17. The van der Waals surface area contributed by atoms with Gasteiger partial charge in [0.15, 0.2) is 0 Å². The van der Waals surface area contributed by atoms with E-state index < -0.39 is 0 Å². The largest absolute Gasteiger partial charge is 0.347 e. The number of rotatable bonds is 8. The minimum atomic E-state index is -0.0120. The predicted octanol–water partition coefficient (Wildman–Crippen LogP) is 4.50. The summed E-state index contributed by atoms with van der Waals surface area (Å²) in [6, 6.07) is 5.77. The Hall–Kier alpha value is -2.12. The third-order valence-electron chi connectivity index (χ3n) is 3.84. The Kier molecular flexibility index (Phi) is 6.46. The van der Waals surface area contributed by atoms with Gasteiger partial charge in [-0.25, -0.2) is 9.97 Å². The van der Waals surface area contributed by atoms with Crippen molar-refractivity contribution in [2.45, 2.75) is 39.2 Å². The highest BCUT2D eigenvalue weighted by Gasteiger charge is 2.18. The van der Waals surface area contributed by atoms with E-state index in [1.807, 2.05) is 29.0 Å². The molecule has 0 saturated heterocycles. The van der Waals surface area contributed by atoms with E-state index in [1.165, 1.54) is 0 Å². The minimum absolute atomic E-state index is 0.0120. The number of hydrogen-bond donors (Lipinski definition) is 1. The lowest BCUT2D eigenvalue weighted by molar-refractivity contribution is -0.121. The summed E-state index contributed by atoms with van der Waals surface area (Å²) in [5, 5.41) is 8.94. The first kappa shape index (κ1) is 18.7. The molecule has 1 unspecified atom stereocenters. The molecule has 136 valence electrons. The molecule has 3 rings (SSSR count). The van der Waals surface area contributed by atoms with Crippen LogP contribution in [0.25, 0.3) is 10.7 Å². The number of pyridine rings is 1. The highest BCUT2D eigenvalue weighted by molar-refractivity contribution is 7.13. The van der Waals surface area contributed by atoms with E-state index in [0.29, 0.717) is 18.8 Å². The molecule has 0 bridgehead atoms. The van der Waals surface area contributed by atoms with E-state index in [2.05, 4.69) is 34.1 Å². The normalized spacial score (nSPS) is 12.3. The fourth-order valence-electron chi connectivity index (χ4n) is 2.64. The van der Waals surface area contributed by atoms with Gasteiger partial charge in [0.1, 0.15) is 10.0 Å². The number of aromatic nitrogens is 3. The number of nitrogens with zero attached hydrogens (tertiary/aromatic N) is 3. The maximum Gasteiger partial charge on any atom is 0.220 e. The van der Waals surface area contributed by atoms with Gasteiger partial charge in [-0.05, 0) is 30.9 Å². The number of thiazole rings is 2. The molecule has 7 heteroatoms. The van der Waals surface area contributed by atoms with E-state index in [1.54, 1.807) is 35.1 Å². The molecule has 1 atom stereocenters. The van der Waals surface area contributed by atoms with Gasteiger partial charge in [0.2, 0.25) is 5.91 Å².